The van der Waals surface area contributed by atoms with Gasteiger partial charge >= 0.3 is 11.9 Å². The highest BCUT2D eigenvalue weighted by Gasteiger charge is 2.49. The monoisotopic (exact) mass is 421 g/mol. The zero-order valence-corrected chi connectivity index (χ0v) is 17.3. The van der Waals surface area contributed by atoms with Crippen molar-refractivity contribution in [2.75, 3.05) is 13.2 Å². The summed E-state index contributed by atoms with van der Waals surface area (Å²) in [7, 11) is 0. The smallest absolute Gasteiger partial charge is 0.303 e. The molecule has 0 saturated carbocycles. The summed E-state index contributed by atoms with van der Waals surface area (Å²) in [4.78, 5) is 26.1. The molecule has 2 rings (SSSR count). The van der Waals surface area contributed by atoms with Crippen LogP contribution < -0.4 is 0 Å². The summed E-state index contributed by atoms with van der Waals surface area (Å²) < 4.78 is 28.6. The van der Waals surface area contributed by atoms with Crippen LogP contribution in [0.2, 0.25) is 0 Å². The molecule has 1 aliphatic rings. The SMILES string of the molecule is CC(=O)O[C@H]1[C@H](OCc2ccccc2)[C@H](OCCCN=[N+]=[N-])O[C@@H](C)[C@H]1OC(C)=O. The Bertz CT molecular complexity index is 739. The fourth-order valence-corrected chi connectivity index (χ4v) is 3.11. The van der Waals surface area contributed by atoms with E-state index in [0.717, 1.165) is 5.56 Å². The molecule has 1 heterocycles. The number of rotatable bonds is 10. The molecule has 0 N–H and O–H groups in total. The minimum atomic E-state index is -0.916. The molecule has 30 heavy (non-hydrogen) atoms. The van der Waals surface area contributed by atoms with Gasteiger partial charge in [-0.1, -0.05) is 35.4 Å². The van der Waals surface area contributed by atoms with Crippen molar-refractivity contribution >= 4 is 11.9 Å². The van der Waals surface area contributed by atoms with Crippen molar-refractivity contribution in [3.8, 4) is 0 Å². The highest BCUT2D eigenvalue weighted by atomic mass is 16.7. The minimum absolute atomic E-state index is 0.215. The third kappa shape index (κ3) is 7.31. The molecule has 1 saturated heterocycles. The van der Waals surface area contributed by atoms with E-state index in [1.165, 1.54) is 13.8 Å². The first kappa shape index (κ1) is 23.6. The summed E-state index contributed by atoms with van der Waals surface area (Å²) in [5.74, 6) is -1.06. The van der Waals surface area contributed by atoms with Gasteiger partial charge in [-0.15, -0.1) is 0 Å². The van der Waals surface area contributed by atoms with Crippen molar-refractivity contribution in [1.29, 1.82) is 0 Å². The normalized spacial score (nSPS) is 25.8. The first-order chi connectivity index (χ1) is 14.4. The average Bonchev–Trinajstić information content (AvgIpc) is 2.70. The lowest BCUT2D eigenvalue weighted by Crippen LogP contribution is -2.60. The van der Waals surface area contributed by atoms with E-state index in [2.05, 4.69) is 10.0 Å². The minimum Gasteiger partial charge on any atom is -0.456 e. The Balaban J connectivity index is 2.20. The number of nitrogens with zero attached hydrogens (tertiary/aromatic N) is 3. The molecule has 1 fully saturated rings. The first-order valence-electron chi connectivity index (χ1n) is 9.70. The summed E-state index contributed by atoms with van der Waals surface area (Å²) in [5.41, 5.74) is 9.28. The molecule has 1 aliphatic heterocycles. The third-order valence-electron chi connectivity index (χ3n) is 4.36. The highest BCUT2D eigenvalue weighted by molar-refractivity contribution is 5.67. The van der Waals surface area contributed by atoms with E-state index in [1.54, 1.807) is 6.92 Å². The van der Waals surface area contributed by atoms with E-state index in [9.17, 15) is 9.59 Å². The van der Waals surface area contributed by atoms with Crippen molar-refractivity contribution in [1.82, 2.24) is 0 Å². The average molecular weight is 421 g/mol. The molecule has 10 nitrogen and oxygen atoms in total. The summed E-state index contributed by atoms with van der Waals surface area (Å²) in [6.07, 6.45) is -3.59. The van der Waals surface area contributed by atoms with Gasteiger partial charge in [0.2, 0.25) is 0 Å². The molecule has 0 amide bonds. The molecule has 0 unspecified atom stereocenters. The van der Waals surface area contributed by atoms with Gasteiger partial charge in [0.15, 0.2) is 18.5 Å². The van der Waals surface area contributed by atoms with Gasteiger partial charge in [0, 0.05) is 31.9 Å². The summed E-state index contributed by atoms with van der Waals surface area (Å²) >= 11 is 0. The molecule has 5 atom stereocenters. The van der Waals surface area contributed by atoms with Crippen LogP contribution in [0.3, 0.4) is 0 Å². The van der Waals surface area contributed by atoms with Crippen molar-refractivity contribution in [3.05, 3.63) is 46.3 Å². The number of benzene rings is 1. The Morgan fingerprint density at radius 1 is 1.07 bits per heavy atom. The summed E-state index contributed by atoms with van der Waals surface area (Å²) in [6.45, 7) is 4.98. The molecular formula is C20H27N3O7. The molecule has 0 bridgehead atoms. The van der Waals surface area contributed by atoms with Gasteiger partial charge in [-0.2, -0.15) is 0 Å². The standard InChI is InChI=1S/C20H27N3O7/c1-13-17(29-14(2)24)18(30-15(3)25)19(27-12-16-8-5-4-6-9-16)20(28-13)26-11-7-10-22-23-21/h4-6,8-9,13,17-20H,7,10-12H2,1-3H3/t13-,17+,18+,19-,20+/m0/s1. The van der Waals surface area contributed by atoms with Crippen LogP contribution in [-0.4, -0.2) is 55.8 Å². The van der Waals surface area contributed by atoms with Crippen LogP contribution in [0, 0.1) is 0 Å². The fourth-order valence-electron chi connectivity index (χ4n) is 3.11. The van der Waals surface area contributed by atoms with Gasteiger partial charge < -0.3 is 23.7 Å². The molecule has 10 heteroatoms. The van der Waals surface area contributed by atoms with Crippen molar-refractivity contribution in [2.24, 2.45) is 5.11 Å². The Morgan fingerprint density at radius 2 is 1.73 bits per heavy atom. The molecule has 0 aliphatic carbocycles. The zero-order valence-electron chi connectivity index (χ0n) is 17.3. The van der Waals surface area contributed by atoms with Gasteiger partial charge in [0.25, 0.3) is 0 Å². The number of ether oxygens (including phenoxy) is 5. The van der Waals surface area contributed by atoms with Gasteiger partial charge in [-0.3, -0.25) is 9.59 Å². The Hall–Kier alpha value is -2.65. The van der Waals surface area contributed by atoms with Crippen molar-refractivity contribution in [2.45, 2.75) is 64.5 Å². The third-order valence-corrected chi connectivity index (χ3v) is 4.36. The van der Waals surface area contributed by atoms with E-state index in [4.69, 9.17) is 29.2 Å². The predicted octanol–water partition coefficient (Wildman–Crippen LogP) is 2.90. The van der Waals surface area contributed by atoms with Crippen molar-refractivity contribution < 1.29 is 33.3 Å². The molecular weight excluding hydrogens is 394 g/mol. The lowest BCUT2D eigenvalue weighted by atomic mass is 9.98. The quantitative estimate of drug-likeness (QED) is 0.187. The van der Waals surface area contributed by atoms with Gasteiger partial charge in [0.1, 0.15) is 6.10 Å². The molecule has 0 aromatic heterocycles. The second-order valence-corrected chi connectivity index (χ2v) is 6.80. The topological polar surface area (TPSA) is 129 Å². The van der Waals surface area contributed by atoms with E-state index in [1.807, 2.05) is 30.3 Å². The van der Waals surface area contributed by atoms with E-state index in [0.29, 0.717) is 6.42 Å². The lowest BCUT2D eigenvalue weighted by molar-refractivity contribution is -0.308. The van der Waals surface area contributed by atoms with Crippen LogP contribution in [0.1, 0.15) is 32.8 Å². The predicted molar refractivity (Wildman–Crippen MR) is 105 cm³/mol. The summed E-state index contributed by atoms with van der Waals surface area (Å²) in [6, 6.07) is 9.45. The number of hydrogen-bond acceptors (Lipinski definition) is 8. The molecule has 0 spiro atoms. The number of esters is 2. The van der Waals surface area contributed by atoms with E-state index in [-0.39, 0.29) is 19.8 Å². The molecule has 0 radical (unpaired) electrons. The van der Waals surface area contributed by atoms with E-state index < -0.39 is 42.6 Å². The number of carbonyl (C=O) groups excluding carboxylic acids is 2. The van der Waals surface area contributed by atoms with Crippen LogP contribution in [0.5, 0.6) is 0 Å². The zero-order chi connectivity index (χ0) is 21.9. The number of azide groups is 1. The fraction of sp³-hybridized carbons (Fsp3) is 0.600. The maximum atomic E-state index is 11.8. The maximum Gasteiger partial charge on any atom is 0.303 e. The molecule has 1 aromatic rings. The van der Waals surface area contributed by atoms with Gasteiger partial charge in [-0.05, 0) is 24.4 Å². The molecule has 164 valence electrons. The van der Waals surface area contributed by atoms with Crippen LogP contribution in [-0.2, 0) is 39.9 Å². The molecule has 1 aromatic carbocycles. The lowest BCUT2D eigenvalue weighted by Gasteiger charge is -2.43. The Labute approximate surface area is 175 Å². The maximum absolute atomic E-state index is 11.8. The first-order valence-corrected chi connectivity index (χ1v) is 9.70. The van der Waals surface area contributed by atoms with Crippen LogP contribution in [0.25, 0.3) is 10.4 Å². The number of carbonyl (C=O) groups is 2. The van der Waals surface area contributed by atoms with Crippen LogP contribution >= 0.6 is 0 Å². The number of hydrogen-bond donors (Lipinski definition) is 0. The Kier molecular flexibility index (Phi) is 9.56. The highest BCUT2D eigenvalue weighted by Crippen LogP contribution is 2.30. The van der Waals surface area contributed by atoms with E-state index >= 15 is 0 Å². The second kappa shape index (κ2) is 12.1. The largest absolute Gasteiger partial charge is 0.456 e. The van der Waals surface area contributed by atoms with Crippen LogP contribution in [0.4, 0.5) is 0 Å². The van der Waals surface area contributed by atoms with Crippen LogP contribution in [0.15, 0.2) is 35.4 Å². The second-order valence-electron chi connectivity index (χ2n) is 6.80. The summed E-state index contributed by atoms with van der Waals surface area (Å²) in [5, 5.41) is 3.47. The van der Waals surface area contributed by atoms with Gasteiger partial charge in [-0.25, -0.2) is 0 Å². The van der Waals surface area contributed by atoms with Crippen molar-refractivity contribution in [3.63, 3.8) is 0 Å². The Morgan fingerprint density at radius 3 is 2.37 bits per heavy atom. The van der Waals surface area contributed by atoms with Gasteiger partial charge in [0.05, 0.1) is 12.7 Å².